The molecule has 0 bridgehead atoms. The molecule has 0 saturated carbocycles. The van der Waals surface area contributed by atoms with E-state index in [0.29, 0.717) is 40.9 Å². The van der Waals surface area contributed by atoms with Crippen molar-refractivity contribution >= 4 is 22.5 Å². The summed E-state index contributed by atoms with van der Waals surface area (Å²) in [6.45, 7) is 6.58. The van der Waals surface area contributed by atoms with Gasteiger partial charge in [0, 0.05) is 22.7 Å². The molecule has 1 atom stereocenters. The fourth-order valence-electron chi connectivity index (χ4n) is 4.27. The van der Waals surface area contributed by atoms with Crippen molar-refractivity contribution in [2.24, 2.45) is 11.7 Å². The number of carbonyl (C=O) groups excluding carboxylic acids is 1. The molecular weight excluding hydrogens is 450 g/mol. The lowest BCUT2D eigenvalue weighted by molar-refractivity contribution is -0.119. The first-order valence-electron chi connectivity index (χ1n) is 12.0. The first kappa shape index (κ1) is 24.7. The van der Waals surface area contributed by atoms with E-state index in [4.69, 9.17) is 15.5 Å². The van der Waals surface area contributed by atoms with Gasteiger partial charge in [0.2, 0.25) is 5.91 Å². The van der Waals surface area contributed by atoms with Crippen LogP contribution in [-0.4, -0.2) is 28.5 Å². The fraction of sp³-hybridized carbons (Fsp3) is 0.241. The zero-order chi connectivity index (χ0) is 25.7. The number of para-hydroxylation sites is 1. The minimum absolute atomic E-state index is 0.238. The normalized spacial score (nSPS) is 11.8. The lowest BCUT2D eigenvalue weighted by atomic mass is 9.97. The van der Waals surface area contributed by atoms with E-state index in [1.807, 2.05) is 69.3 Å². The lowest BCUT2D eigenvalue weighted by Gasteiger charge is -2.21. The summed E-state index contributed by atoms with van der Waals surface area (Å²) in [5.74, 6) is 0.585. The van der Waals surface area contributed by atoms with Crippen molar-refractivity contribution in [2.45, 2.75) is 33.2 Å². The number of anilines is 1. The number of hydrogen-bond donors (Lipinski definition) is 2. The van der Waals surface area contributed by atoms with Gasteiger partial charge in [-0.15, -0.1) is 0 Å². The third kappa shape index (κ3) is 5.13. The van der Waals surface area contributed by atoms with Crippen molar-refractivity contribution in [1.29, 1.82) is 5.26 Å². The topological polar surface area (TPSA) is 114 Å². The van der Waals surface area contributed by atoms with Crippen molar-refractivity contribution in [3.8, 4) is 34.2 Å². The van der Waals surface area contributed by atoms with Gasteiger partial charge in [-0.05, 0) is 37.0 Å². The monoisotopic (exact) mass is 479 g/mol. The molecule has 0 radical (unpaired) electrons. The summed E-state index contributed by atoms with van der Waals surface area (Å²) in [6.07, 6.45) is 3.83. The van der Waals surface area contributed by atoms with Crippen LogP contribution in [0.25, 0.3) is 33.3 Å². The summed E-state index contributed by atoms with van der Waals surface area (Å²) in [7, 11) is 0. The number of pyridine rings is 2. The highest BCUT2D eigenvalue weighted by Gasteiger charge is 2.23. The molecule has 0 spiro atoms. The molecule has 1 amide bonds. The molecule has 7 nitrogen and oxygen atoms in total. The molecule has 2 heterocycles. The van der Waals surface area contributed by atoms with Crippen LogP contribution < -0.4 is 15.8 Å². The van der Waals surface area contributed by atoms with Gasteiger partial charge in [0.25, 0.3) is 0 Å². The quantitative estimate of drug-likeness (QED) is 0.325. The minimum atomic E-state index is -0.624. The van der Waals surface area contributed by atoms with E-state index >= 15 is 0 Å². The molecule has 0 aliphatic rings. The highest BCUT2D eigenvalue weighted by Crippen LogP contribution is 2.36. The summed E-state index contributed by atoms with van der Waals surface area (Å²) >= 11 is 0. The molecule has 0 fully saturated rings. The average molecular weight is 480 g/mol. The highest BCUT2D eigenvalue weighted by atomic mass is 16.5. The Labute approximate surface area is 211 Å². The predicted octanol–water partition coefficient (Wildman–Crippen LogP) is 5.55. The second kappa shape index (κ2) is 10.9. The van der Waals surface area contributed by atoms with Crippen LogP contribution in [0.15, 0.2) is 67.0 Å². The summed E-state index contributed by atoms with van der Waals surface area (Å²) in [5, 5.41) is 14.2. The molecule has 0 aliphatic carbocycles. The number of hydrogen-bond acceptors (Lipinski definition) is 6. The number of amides is 1. The number of nitrogens with zero attached hydrogens (tertiary/aromatic N) is 3. The number of primary amides is 1. The van der Waals surface area contributed by atoms with E-state index in [2.05, 4.69) is 16.4 Å². The van der Waals surface area contributed by atoms with E-state index < -0.39 is 11.9 Å². The Kier molecular flexibility index (Phi) is 7.45. The zero-order valence-electron chi connectivity index (χ0n) is 20.7. The third-order valence-electron chi connectivity index (χ3n) is 5.93. The molecule has 0 aliphatic heterocycles. The maximum atomic E-state index is 12.2. The minimum Gasteiger partial charge on any atom is -0.493 e. The van der Waals surface area contributed by atoms with Gasteiger partial charge in [-0.1, -0.05) is 56.3 Å². The maximum Gasteiger partial charge on any atom is 0.239 e. The van der Waals surface area contributed by atoms with Crippen LogP contribution in [0.5, 0.6) is 5.75 Å². The summed E-state index contributed by atoms with van der Waals surface area (Å²) in [5.41, 5.74) is 10.5. The van der Waals surface area contributed by atoms with Crippen LogP contribution >= 0.6 is 0 Å². The molecular formula is C29H29N5O2. The van der Waals surface area contributed by atoms with Gasteiger partial charge in [0.1, 0.15) is 23.4 Å². The number of benzene rings is 2. The Morgan fingerprint density at radius 1 is 1.11 bits per heavy atom. The molecule has 0 unspecified atom stereocenters. The van der Waals surface area contributed by atoms with Crippen LogP contribution in [-0.2, 0) is 4.79 Å². The second-order valence-electron chi connectivity index (χ2n) is 8.95. The number of ether oxygens (including phenoxy) is 1. The first-order chi connectivity index (χ1) is 17.4. The van der Waals surface area contributed by atoms with Gasteiger partial charge in [-0.3, -0.25) is 9.78 Å². The molecule has 4 rings (SSSR count). The first-order valence-corrected chi connectivity index (χ1v) is 12.0. The number of nitrogens with two attached hydrogens (primary N) is 1. The largest absolute Gasteiger partial charge is 0.493 e. The number of fused-ring (bicyclic) bond motifs is 1. The van der Waals surface area contributed by atoms with Gasteiger partial charge in [0.15, 0.2) is 0 Å². The van der Waals surface area contributed by atoms with Crippen molar-refractivity contribution in [2.75, 3.05) is 11.9 Å². The van der Waals surface area contributed by atoms with Gasteiger partial charge >= 0.3 is 0 Å². The standard InChI is InChI=1S/C29H29N5O2/c1-4-36-26-8-6-5-7-21(26)19-9-11-20(12-10-19)27-23(16-30)28(22-13-14-32-17-25(22)34-27)33-24(29(31)35)15-18(2)3/h5-14,17-18,24H,4,15H2,1-3H3,(H2,31,35)(H,33,34)/t24-/m1/s1. The van der Waals surface area contributed by atoms with Crippen molar-refractivity contribution in [1.82, 2.24) is 9.97 Å². The van der Waals surface area contributed by atoms with Crippen LogP contribution in [0, 0.1) is 17.2 Å². The number of nitriles is 1. The molecule has 3 N–H and O–H groups in total. The molecule has 4 aromatic rings. The predicted molar refractivity (Wildman–Crippen MR) is 142 cm³/mol. The van der Waals surface area contributed by atoms with E-state index in [1.165, 1.54) is 0 Å². The van der Waals surface area contributed by atoms with E-state index in [0.717, 1.165) is 22.4 Å². The number of carbonyl (C=O) groups is 1. The molecule has 36 heavy (non-hydrogen) atoms. The second-order valence-corrected chi connectivity index (χ2v) is 8.95. The van der Waals surface area contributed by atoms with Crippen molar-refractivity contribution < 1.29 is 9.53 Å². The Balaban J connectivity index is 1.82. The van der Waals surface area contributed by atoms with Gasteiger partial charge in [-0.2, -0.15) is 5.26 Å². The molecule has 182 valence electrons. The highest BCUT2D eigenvalue weighted by molar-refractivity contribution is 5.99. The molecule has 7 heteroatoms. The van der Waals surface area contributed by atoms with Crippen LogP contribution in [0.2, 0.25) is 0 Å². The van der Waals surface area contributed by atoms with Crippen molar-refractivity contribution in [3.63, 3.8) is 0 Å². The molecule has 0 saturated heterocycles. The van der Waals surface area contributed by atoms with Gasteiger partial charge in [0.05, 0.1) is 29.7 Å². The summed E-state index contributed by atoms with van der Waals surface area (Å²) in [4.78, 5) is 21.2. The zero-order valence-corrected chi connectivity index (χ0v) is 20.7. The molecule has 2 aromatic heterocycles. The van der Waals surface area contributed by atoms with E-state index in [-0.39, 0.29) is 5.92 Å². The maximum absolute atomic E-state index is 12.2. The Morgan fingerprint density at radius 3 is 2.50 bits per heavy atom. The third-order valence-corrected chi connectivity index (χ3v) is 5.93. The SMILES string of the molecule is CCOc1ccccc1-c1ccc(-c2nc3cnccc3c(N[C@H](CC(C)C)C(N)=O)c2C#N)cc1. The molecule has 2 aromatic carbocycles. The van der Waals surface area contributed by atoms with Crippen molar-refractivity contribution in [3.05, 3.63) is 72.6 Å². The van der Waals surface area contributed by atoms with E-state index in [1.54, 1.807) is 18.5 Å². The fourth-order valence-corrected chi connectivity index (χ4v) is 4.27. The van der Waals surface area contributed by atoms with E-state index in [9.17, 15) is 10.1 Å². The van der Waals surface area contributed by atoms with Crippen LogP contribution in [0.4, 0.5) is 5.69 Å². The Morgan fingerprint density at radius 2 is 1.83 bits per heavy atom. The summed E-state index contributed by atoms with van der Waals surface area (Å²) < 4.78 is 5.78. The van der Waals surface area contributed by atoms with Gasteiger partial charge in [-0.25, -0.2) is 4.98 Å². The smallest absolute Gasteiger partial charge is 0.239 e. The number of nitrogens with one attached hydrogen (secondary N) is 1. The Bertz CT molecular complexity index is 1420. The lowest BCUT2D eigenvalue weighted by Crippen LogP contribution is -2.36. The van der Waals surface area contributed by atoms with Crippen LogP contribution in [0.1, 0.15) is 32.8 Å². The number of aromatic nitrogens is 2. The average Bonchev–Trinajstić information content (AvgIpc) is 2.88. The van der Waals surface area contributed by atoms with Gasteiger partial charge < -0.3 is 15.8 Å². The Hall–Kier alpha value is -4.44. The summed E-state index contributed by atoms with van der Waals surface area (Å²) in [6, 6.07) is 19.2. The van der Waals surface area contributed by atoms with Crippen LogP contribution in [0.3, 0.4) is 0 Å². The number of rotatable bonds is 9.